The molecule has 6 aliphatic heterocycles. The Balaban J connectivity index is 0.858. The minimum Gasteiger partial charge on any atom is -0.488 e. The van der Waals surface area contributed by atoms with Gasteiger partial charge in [-0.25, -0.2) is 19.6 Å². The molecule has 8 heterocycles. The predicted molar refractivity (Wildman–Crippen MR) is 264 cm³/mol. The molecule has 376 valence electrons. The molecule has 5 aromatic rings. The molecule has 2 aromatic heterocycles. The number of fused-ring (bicyclic) bond motifs is 9. The van der Waals surface area contributed by atoms with Crippen molar-refractivity contribution in [2.75, 3.05) is 14.2 Å². The van der Waals surface area contributed by atoms with Crippen LogP contribution in [0.1, 0.15) is 110 Å². The van der Waals surface area contributed by atoms with Gasteiger partial charge in [-0.05, 0) is 137 Å². The summed E-state index contributed by atoms with van der Waals surface area (Å²) in [5.41, 5.74) is 6.57. The van der Waals surface area contributed by atoms with E-state index < -0.39 is 24.3 Å². The number of imidazole rings is 2. The van der Waals surface area contributed by atoms with Gasteiger partial charge in [0.1, 0.15) is 36.1 Å². The fourth-order valence-electron chi connectivity index (χ4n) is 13.8. The molecular weight excluding hydrogens is 905 g/mol. The first-order chi connectivity index (χ1) is 34.1. The van der Waals surface area contributed by atoms with Crippen LogP contribution in [-0.2, 0) is 35.1 Å². The molecule has 0 aliphatic carbocycles. The molecule has 0 bridgehead atoms. The third kappa shape index (κ3) is 8.07. The monoisotopic (exact) mass is 970 g/mol. The lowest BCUT2D eigenvalue weighted by molar-refractivity contribution is -0.170. The van der Waals surface area contributed by atoms with E-state index in [1.807, 2.05) is 42.8 Å². The van der Waals surface area contributed by atoms with Crippen LogP contribution >= 0.6 is 0 Å². The third-order valence-corrected chi connectivity index (χ3v) is 17.0. The number of ether oxygens (including phenoxy) is 5. The Morgan fingerprint density at radius 2 is 1.55 bits per heavy atom. The van der Waals surface area contributed by atoms with E-state index in [1.165, 1.54) is 14.2 Å². The molecule has 5 saturated heterocycles. The van der Waals surface area contributed by atoms with Crippen molar-refractivity contribution in [1.82, 2.24) is 40.4 Å². The van der Waals surface area contributed by atoms with Crippen LogP contribution in [0.5, 0.6) is 5.75 Å². The van der Waals surface area contributed by atoms with Gasteiger partial charge in [-0.3, -0.25) is 9.59 Å². The summed E-state index contributed by atoms with van der Waals surface area (Å²) in [6, 6.07) is 12.5. The lowest BCUT2D eigenvalue weighted by Gasteiger charge is -2.53. The van der Waals surface area contributed by atoms with Gasteiger partial charge in [-0.15, -0.1) is 0 Å². The number of nitrogens with one attached hydrogen (secondary N) is 4. The van der Waals surface area contributed by atoms with E-state index in [0.717, 1.165) is 74.2 Å². The molecule has 17 nitrogen and oxygen atoms in total. The van der Waals surface area contributed by atoms with E-state index in [1.54, 1.807) is 0 Å². The van der Waals surface area contributed by atoms with Gasteiger partial charge in [-0.2, -0.15) is 0 Å². The molecule has 17 heteroatoms. The summed E-state index contributed by atoms with van der Waals surface area (Å²) in [7, 11) is 2.64. The van der Waals surface area contributed by atoms with Crippen molar-refractivity contribution < 1.29 is 42.9 Å². The number of aromatic amines is 2. The fraction of sp³-hybridized carbons (Fsp3) is 0.556. The SMILES string of the molecule is COC(=O)N[C@H](C(=O)N1[C@@H](c2ncc(-c3ccc4c(c3)COc3cc5c(ccc6nc([C@@H]7C[C@H](C)[C@@H]8C9C(C[C@@H](C)O[C@@H]9C)[C@H](NC(=O)OC)C(=O)N78)[nH]c65)cc3-4)[nH]2)C[C@@H](C)[C@H]1C)C1C[C@@H](C)O[C@H](C)C1. The number of carbonyl (C=O) groups excluding carboxylic acids is 4. The highest BCUT2D eigenvalue weighted by atomic mass is 16.5. The number of piperidine rings is 1. The van der Waals surface area contributed by atoms with E-state index in [9.17, 15) is 19.2 Å². The second-order valence-electron chi connectivity index (χ2n) is 21.5. The summed E-state index contributed by atoms with van der Waals surface area (Å²) in [6.07, 6.45) is 3.82. The van der Waals surface area contributed by atoms with Crippen molar-refractivity contribution in [3.8, 4) is 28.1 Å². The minimum atomic E-state index is -0.762. The van der Waals surface area contributed by atoms with Gasteiger partial charge in [0, 0.05) is 29.0 Å². The van der Waals surface area contributed by atoms with E-state index in [4.69, 9.17) is 33.7 Å². The lowest BCUT2D eigenvalue weighted by Crippen LogP contribution is -2.67. The van der Waals surface area contributed by atoms with Crippen molar-refractivity contribution in [3.05, 3.63) is 65.9 Å². The zero-order valence-corrected chi connectivity index (χ0v) is 42.0. The van der Waals surface area contributed by atoms with Crippen molar-refractivity contribution in [2.45, 2.75) is 148 Å². The molecule has 14 atom stereocenters. The molecule has 71 heavy (non-hydrogen) atoms. The molecule has 0 radical (unpaired) electrons. The molecule has 3 aromatic carbocycles. The lowest BCUT2D eigenvalue weighted by atomic mass is 9.68. The predicted octanol–water partition coefficient (Wildman–Crippen LogP) is 8.34. The van der Waals surface area contributed by atoms with E-state index in [-0.39, 0.29) is 90.0 Å². The van der Waals surface area contributed by atoms with Crippen LogP contribution in [0.25, 0.3) is 44.2 Å². The van der Waals surface area contributed by atoms with Gasteiger partial charge >= 0.3 is 12.2 Å². The summed E-state index contributed by atoms with van der Waals surface area (Å²) < 4.78 is 28.9. The zero-order chi connectivity index (χ0) is 49.7. The molecule has 2 unspecified atom stereocenters. The number of carbonyl (C=O) groups is 4. The molecule has 11 rings (SSSR count). The van der Waals surface area contributed by atoms with Crippen LogP contribution in [0.3, 0.4) is 0 Å². The maximum absolute atomic E-state index is 14.7. The average molecular weight is 971 g/mol. The van der Waals surface area contributed by atoms with Crippen molar-refractivity contribution in [2.24, 2.45) is 29.6 Å². The number of alkyl carbamates (subject to hydrolysis) is 2. The third-order valence-electron chi connectivity index (χ3n) is 17.0. The molecule has 4 amide bonds. The molecule has 5 fully saturated rings. The number of hydrogen-bond donors (Lipinski definition) is 4. The fourth-order valence-corrected chi connectivity index (χ4v) is 13.8. The first-order valence-corrected chi connectivity index (χ1v) is 25.5. The average Bonchev–Trinajstić information content (AvgIpc) is 4.15. The summed E-state index contributed by atoms with van der Waals surface area (Å²) in [4.78, 5) is 75.8. The summed E-state index contributed by atoms with van der Waals surface area (Å²) >= 11 is 0. The molecule has 0 spiro atoms. The van der Waals surface area contributed by atoms with Gasteiger partial charge in [0.15, 0.2) is 0 Å². The number of nitrogens with zero attached hydrogens (tertiary/aromatic N) is 4. The topological polar surface area (TPSA) is 202 Å². The van der Waals surface area contributed by atoms with E-state index in [0.29, 0.717) is 31.7 Å². The number of amides is 4. The number of rotatable bonds is 7. The highest BCUT2D eigenvalue weighted by Gasteiger charge is 2.60. The van der Waals surface area contributed by atoms with Gasteiger partial charge in [0.05, 0.1) is 73.6 Å². The first-order valence-electron chi connectivity index (χ1n) is 25.5. The van der Waals surface area contributed by atoms with Crippen LogP contribution in [0.2, 0.25) is 0 Å². The number of aromatic nitrogens is 4. The minimum absolute atomic E-state index is 0.0289. The van der Waals surface area contributed by atoms with Gasteiger partial charge in [0.2, 0.25) is 11.8 Å². The van der Waals surface area contributed by atoms with Crippen LogP contribution in [0.4, 0.5) is 9.59 Å². The number of H-pyrrole nitrogens is 2. The second kappa shape index (κ2) is 18.1. The largest absolute Gasteiger partial charge is 0.488 e. The van der Waals surface area contributed by atoms with Crippen molar-refractivity contribution in [1.29, 1.82) is 0 Å². The Morgan fingerprint density at radius 3 is 2.31 bits per heavy atom. The Labute approximate surface area is 413 Å². The van der Waals surface area contributed by atoms with E-state index in [2.05, 4.69) is 84.7 Å². The standard InChI is InChI=1S/C54H66N8O9/c1-24-14-41(61(29(24)6)51(63)45(59-53(65)67-8)33-16-26(3)70-27(4)17-33)49-55-22-40(57-49)32-10-12-35-34(19-32)23-69-43-21-36-31(20-37(35)43)11-13-39-46(36)58-50(56-39)42-15-25(2)48-44-30(7)71-28(5)18-38(44)47(52(64)62(42)48)60-54(66)68-9/h10-13,19-22,24-30,33,38,41-42,44-45,47-48H,14-18,23H2,1-9H3,(H,55,57)(H,56,58)(H,59,65)(H,60,66)/t24-,25+,26-,27-,28-,29-,30-,38?,41-,42+,44?,45+,47+,48-/m1/s1. The number of likely N-dealkylation sites (tertiary alicyclic amines) is 1. The quantitative estimate of drug-likeness (QED) is 0.122. The summed E-state index contributed by atoms with van der Waals surface area (Å²) in [6.45, 7) is 15.0. The smallest absolute Gasteiger partial charge is 0.407 e. The maximum Gasteiger partial charge on any atom is 0.407 e. The summed E-state index contributed by atoms with van der Waals surface area (Å²) in [5.74, 6) is 2.20. The van der Waals surface area contributed by atoms with Crippen LogP contribution < -0.4 is 15.4 Å². The Bertz CT molecular complexity index is 2910. The Morgan fingerprint density at radius 1 is 0.803 bits per heavy atom. The number of benzene rings is 3. The van der Waals surface area contributed by atoms with Crippen molar-refractivity contribution >= 4 is 45.8 Å². The number of methoxy groups -OCH3 is 2. The molecule has 4 N–H and O–H groups in total. The molecular formula is C54H66N8O9. The van der Waals surface area contributed by atoms with Crippen LogP contribution in [0.15, 0.2) is 48.7 Å². The Kier molecular flexibility index (Phi) is 12.0. The zero-order valence-electron chi connectivity index (χ0n) is 42.0. The highest BCUT2D eigenvalue weighted by Crippen LogP contribution is 2.52. The van der Waals surface area contributed by atoms with Crippen molar-refractivity contribution in [3.63, 3.8) is 0 Å². The molecule has 6 aliphatic rings. The summed E-state index contributed by atoms with van der Waals surface area (Å²) in [5, 5.41) is 7.80. The normalized spacial score (nSPS) is 32.6. The van der Waals surface area contributed by atoms with Gasteiger partial charge < -0.3 is 54.1 Å². The molecule has 0 saturated carbocycles. The number of hydrogen-bond acceptors (Lipinski definition) is 11. The first kappa shape index (κ1) is 47.1. The second-order valence-corrected chi connectivity index (χ2v) is 21.5. The highest BCUT2D eigenvalue weighted by molar-refractivity contribution is 6.07. The maximum atomic E-state index is 14.7. The van der Waals surface area contributed by atoms with Gasteiger partial charge in [-0.1, -0.05) is 32.0 Å². The Hall–Kier alpha value is -6.20. The van der Waals surface area contributed by atoms with E-state index >= 15 is 0 Å². The van der Waals surface area contributed by atoms with Crippen LogP contribution in [0, 0.1) is 29.6 Å². The van der Waals surface area contributed by atoms with Crippen LogP contribution in [-0.4, -0.2) is 117 Å². The van der Waals surface area contributed by atoms with Gasteiger partial charge in [0.25, 0.3) is 0 Å².